The molecule has 2 aromatic rings. The lowest BCUT2D eigenvalue weighted by atomic mass is 10.3. The van der Waals surface area contributed by atoms with E-state index in [0.717, 1.165) is 11.5 Å². The van der Waals surface area contributed by atoms with Gasteiger partial charge in [-0.1, -0.05) is 0 Å². The number of aromatic nitrogens is 4. The maximum Gasteiger partial charge on any atom is 0.255 e. The zero-order chi connectivity index (χ0) is 12.6. The van der Waals surface area contributed by atoms with Crippen LogP contribution in [0.4, 0.5) is 0 Å². The molecular weight excluding hydrogens is 216 g/mol. The first-order chi connectivity index (χ1) is 8.04. The van der Waals surface area contributed by atoms with Gasteiger partial charge in [0.05, 0.1) is 12.0 Å². The highest BCUT2D eigenvalue weighted by atomic mass is 16.1. The van der Waals surface area contributed by atoms with Crippen molar-refractivity contribution in [1.29, 1.82) is 0 Å². The van der Waals surface area contributed by atoms with E-state index in [4.69, 9.17) is 6.42 Å². The minimum atomic E-state index is -0.121. The Morgan fingerprint density at radius 1 is 1.41 bits per heavy atom. The third kappa shape index (κ3) is 1.74. The molecule has 0 saturated carbocycles. The van der Waals surface area contributed by atoms with Gasteiger partial charge in [0, 0.05) is 13.1 Å². The second-order valence-electron chi connectivity index (χ2n) is 3.77. The molecule has 0 spiro atoms. The molecule has 0 N–H and O–H groups in total. The zero-order valence-electron chi connectivity index (χ0n) is 9.93. The second-order valence-corrected chi connectivity index (χ2v) is 3.77. The van der Waals surface area contributed by atoms with Gasteiger partial charge in [0.15, 0.2) is 0 Å². The molecule has 0 aromatic carbocycles. The van der Waals surface area contributed by atoms with E-state index in [1.807, 2.05) is 13.8 Å². The van der Waals surface area contributed by atoms with E-state index in [0.29, 0.717) is 11.5 Å². The predicted octanol–water partition coefficient (Wildman–Crippen LogP) is 0.564. The van der Waals surface area contributed by atoms with Gasteiger partial charge in [0.25, 0.3) is 5.56 Å². The van der Waals surface area contributed by atoms with Gasteiger partial charge in [-0.2, -0.15) is 0 Å². The molecule has 17 heavy (non-hydrogen) atoms. The summed E-state index contributed by atoms with van der Waals surface area (Å²) in [5, 5.41) is 0. The predicted molar refractivity (Wildman–Crippen MR) is 64.0 cm³/mol. The quantitative estimate of drug-likeness (QED) is 0.670. The fourth-order valence-electron chi connectivity index (χ4n) is 1.69. The van der Waals surface area contributed by atoms with Crippen molar-refractivity contribution in [2.24, 2.45) is 7.05 Å². The van der Waals surface area contributed by atoms with Gasteiger partial charge in [-0.25, -0.2) is 9.97 Å². The molecular formula is C12H12N4O. The lowest BCUT2D eigenvalue weighted by Gasteiger charge is -2.06. The Labute approximate surface area is 98.8 Å². The standard InChI is InChI=1S/C12H12N4O/c1-5-10-8(2)16(9(3)14-10)11-6-12(17)15(4)7-13-11/h1,6-7H,2-4H3. The zero-order valence-corrected chi connectivity index (χ0v) is 9.93. The molecule has 0 radical (unpaired) electrons. The van der Waals surface area contributed by atoms with Crippen LogP contribution < -0.4 is 5.56 Å². The molecule has 2 rings (SSSR count). The van der Waals surface area contributed by atoms with E-state index in [2.05, 4.69) is 15.9 Å². The Morgan fingerprint density at radius 2 is 2.12 bits per heavy atom. The Kier molecular flexibility index (Phi) is 2.56. The van der Waals surface area contributed by atoms with Crippen LogP contribution in [-0.4, -0.2) is 19.1 Å². The molecule has 0 amide bonds. The van der Waals surface area contributed by atoms with Gasteiger partial charge in [-0.05, 0) is 19.8 Å². The molecule has 0 bridgehead atoms. The Balaban J connectivity index is 2.69. The smallest absolute Gasteiger partial charge is 0.255 e. The van der Waals surface area contributed by atoms with Crippen LogP contribution in [0, 0.1) is 26.2 Å². The fraction of sp³-hybridized carbons (Fsp3) is 0.250. The van der Waals surface area contributed by atoms with Crippen molar-refractivity contribution in [3.05, 3.63) is 40.0 Å². The minimum Gasteiger partial charge on any atom is -0.302 e. The van der Waals surface area contributed by atoms with Gasteiger partial charge in [0.2, 0.25) is 0 Å². The molecule has 2 heterocycles. The number of hydrogen-bond acceptors (Lipinski definition) is 3. The number of hydrogen-bond donors (Lipinski definition) is 0. The number of nitrogens with zero attached hydrogens (tertiary/aromatic N) is 4. The number of rotatable bonds is 1. The van der Waals surface area contributed by atoms with Crippen LogP contribution in [0.2, 0.25) is 0 Å². The SMILES string of the molecule is C#Cc1nc(C)n(-c2cc(=O)n(C)cn2)c1C. The monoisotopic (exact) mass is 228 g/mol. The summed E-state index contributed by atoms with van der Waals surface area (Å²) in [7, 11) is 1.65. The topological polar surface area (TPSA) is 52.7 Å². The molecule has 0 aliphatic carbocycles. The summed E-state index contributed by atoms with van der Waals surface area (Å²) in [4.78, 5) is 20.0. The number of terminal acetylenes is 1. The van der Waals surface area contributed by atoms with Crippen molar-refractivity contribution in [1.82, 2.24) is 19.1 Å². The third-order valence-corrected chi connectivity index (χ3v) is 2.60. The third-order valence-electron chi connectivity index (χ3n) is 2.60. The molecule has 0 atom stereocenters. The Morgan fingerprint density at radius 3 is 2.65 bits per heavy atom. The molecule has 0 fully saturated rings. The van der Waals surface area contributed by atoms with Crippen molar-refractivity contribution in [2.45, 2.75) is 13.8 Å². The lowest BCUT2D eigenvalue weighted by Crippen LogP contribution is -2.18. The average Bonchev–Trinajstić information content (AvgIpc) is 2.58. The summed E-state index contributed by atoms with van der Waals surface area (Å²) in [5.74, 6) is 3.77. The van der Waals surface area contributed by atoms with E-state index in [1.54, 1.807) is 11.6 Å². The average molecular weight is 228 g/mol. The first-order valence-corrected chi connectivity index (χ1v) is 5.10. The summed E-state index contributed by atoms with van der Waals surface area (Å²) in [6.07, 6.45) is 6.83. The van der Waals surface area contributed by atoms with E-state index in [-0.39, 0.29) is 5.56 Å². The minimum absolute atomic E-state index is 0.121. The van der Waals surface area contributed by atoms with Crippen LogP contribution in [0.3, 0.4) is 0 Å². The van der Waals surface area contributed by atoms with Crippen LogP contribution in [0.5, 0.6) is 0 Å². The van der Waals surface area contributed by atoms with Crippen LogP contribution in [0.25, 0.3) is 5.82 Å². The number of imidazole rings is 1. The summed E-state index contributed by atoms with van der Waals surface area (Å²) in [6.45, 7) is 3.68. The first kappa shape index (κ1) is 11.1. The molecule has 5 nitrogen and oxygen atoms in total. The first-order valence-electron chi connectivity index (χ1n) is 5.10. The lowest BCUT2D eigenvalue weighted by molar-refractivity contribution is 0.794. The van der Waals surface area contributed by atoms with Gasteiger partial charge < -0.3 is 4.57 Å². The summed E-state index contributed by atoms with van der Waals surface area (Å²) < 4.78 is 3.18. The van der Waals surface area contributed by atoms with Crippen molar-refractivity contribution < 1.29 is 0 Å². The van der Waals surface area contributed by atoms with Gasteiger partial charge in [-0.3, -0.25) is 9.36 Å². The van der Waals surface area contributed by atoms with Crippen molar-refractivity contribution in [3.63, 3.8) is 0 Å². The summed E-state index contributed by atoms with van der Waals surface area (Å²) >= 11 is 0. The van der Waals surface area contributed by atoms with E-state index >= 15 is 0 Å². The summed E-state index contributed by atoms with van der Waals surface area (Å²) in [6, 6.07) is 1.46. The van der Waals surface area contributed by atoms with Crippen molar-refractivity contribution in [2.75, 3.05) is 0 Å². The molecule has 86 valence electrons. The Bertz CT molecular complexity index is 673. The molecule has 5 heteroatoms. The molecule has 0 saturated heterocycles. The Hall–Kier alpha value is -2.35. The van der Waals surface area contributed by atoms with E-state index in [9.17, 15) is 4.79 Å². The molecule has 0 aliphatic rings. The van der Waals surface area contributed by atoms with Gasteiger partial charge >= 0.3 is 0 Å². The highest BCUT2D eigenvalue weighted by Gasteiger charge is 2.12. The van der Waals surface area contributed by atoms with E-state index < -0.39 is 0 Å². The molecule has 0 aliphatic heterocycles. The van der Waals surface area contributed by atoms with E-state index in [1.165, 1.54) is 17.0 Å². The fourth-order valence-corrected chi connectivity index (χ4v) is 1.69. The van der Waals surface area contributed by atoms with Crippen LogP contribution in [-0.2, 0) is 7.05 Å². The van der Waals surface area contributed by atoms with Crippen LogP contribution in [0.1, 0.15) is 17.2 Å². The van der Waals surface area contributed by atoms with Crippen molar-refractivity contribution >= 4 is 0 Å². The second kappa shape index (κ2) is 3.91. The maximum absolute atomic E-state index is 11.6. The molecule has 2 aromatic heterocycles. The highest BCUT2D eigenvalue weighted by molar-refractivity contribution is 5.37. The van der Waals surface area contributed by atoms with Crippen molar-refractivity contribution in [3.8, 4) is 18.2 Å². The van der Waals surface area contributed by atoms with Crippen LogP contribution in [0.15, 0.2) is 17.2 Å². The number of aryl methyl sites for hydroxylation is 2. The highest BCUT2D eigenvalue weighted by Crippen LogP contribution is 2.13. The van der Waals surface area contributed by atoms with Gasteiger partial charge in [0.1, 0.15) is 17.3 Å². The summed E-state index contributed by atoms with van der Waals surface area (Å²) in [5.41, 5.74) is 1.26. The van der Waals surface area contributed by atoms with Gasteiger partial charge in [-0.15, -0.1) is 6.42 Å². The van der Waals surface area contributed by atoms with Crippen LogP contribution >= 0.6 is 0 Å². The maximum atomic E-state index is 11.6. The largest absolute Gasteiger partial charge is 0.302 e. The molecule has 0 unspecified atom stereocenters. The normalized spacial score (nSPS) is 10.2.